The smallest absolute Gasteiger partial charge is 0.310 e. The van der Waals surface area contributed by atoms with E-state index in [4.69, 9.17) is 10.2 Å². The van der Waals surface area contributed by atoms with Crippen LogP contribution < -0.4 is 0 Å². The van der Waals surface area contributed by atoms with Crippen LogP contribution in [0, 0.1) is 5.92 Å². The highest BCUT2D eigenvalue weighted by molar-refractivity contribution is 5.74. The minimum Gasteiger partial charge on any atom is -0.481 e. The van der Waals surface area contributed by atoms with Gasteiger partial charge in [-0.3, -0.25) is 9.59 Å². The van der Waals surface area contributed by atoms with Crippen molar-refractivity contribution in [1.29, 1.82) is 0 Å². The zero-order chi connectivity index (χ0) is 13.4. The molecule has 0 aliphatic carbocycles. The number of carboxylic acid groups (broad SMARTS) is 2. The minimum absolute atomic E-state index is 0.00293. The van der Waals surface area contributed by atoms with Crippen LogP contribution in [0.5, 0.6) is 0 Å². The van der Waals surface area contributed by atoms with Crippen LogP contribution in [0.3, 0.4) is 0 Å². The average Bonchev–Trinajstić information content (AvgIpc) is 2.34. The van der Waals surface area contributed by atoms with Gasteiger partial charge in [0.2, 0.25) is 0 Å². The van der Waals surface area contributed by atoms with Gasteiger partial charge < -0.3 is 10.2 Å². The standard InChI is InChI=1S/C14H16O4/c15-13(16)8-4-7-12(14(17)18)10-9-11-5-2-1-3-6-11/h1-3,5-6,9-10,12H,4,7-8H2,(H,15,16)(H,17,18). The number of carbonyl (C=O) groups is 2. The highest BCUT2D eigenvalue weighted by Crippen LogP contribution is 2.13. The van der Waals surface area contributed by atoms with Crippen LogP contribution in [0.4, 0.5) is 0 Å². The lowest BCUT2D eigenvalue weighted by molar-refractivity contribution is -0.141. The summed E-state index contributed by atoms with van der Waals surface area (Å²) in [5.41, 5.74) is 0.932. The summed E-state index contributed by atoms with van der Waals surface area (Å²) < 4.78 is 0. The van der Waals surface area contributed by atoms with Crippen molar-refractivity contribution in [2.45, 2.75) is 19.3 Å². The number of benzene rings is 1. The first-order chi connectivity index (χ1) is 8.59. The van der Waals surface area contributed by atoms with Gasteiger partial charge in [-0.05, 0) is 18.4 Å². The van der Waals surface area contributed by atoms with E-state index in [-0.39, 0.29) is 6.42 Å². The van der Waals surface area contributed by atoms with Gasteiger partial charge >= 0.3 is 11.9 Å². The lowest BCUT2D eigenvalue weighted by Crippen LogP contribution is -2.11. The fourth-order valence-electron chi connectivity index (χ4n) is 1.57. The van der Waals surface area contributed by atoms with E-state index < -0.39 is 17.9 Å². The Labute approximate surface area is 106 Å². The van der Waals surface area contributed by atoms with Crippen LogP contribution in [-0.2, 0) is 9.59 Å². The van der Waals surface area contributed by atoms with Gasteiger partial charge in [0, 0.05) is 6.42 Å². The van der Waals surface area contributed by atoms with E-state index in [0.29, 0.717) is 12.8 Å². The number of aliphatic carboxylic acids is 2. The molecule has 1 aromatic rings. The van der Waals surface area contributed by atoms with Crippen molar-refractivity contribution in [3.05, 3.63) is 42.0 Å². The molecule has 18 heavy (non-hydrogen) atoms. The third kappa shape index (κ3) is 5.30. The van der Waals surface area contributed by atoms with Crippen molar-refractivity contribution in [3.63, 3.8) is 0 Å². The molecule has 96 valence electrons. The molecule has 0 bridgehead atoms. The third-order valence-electron chi connectivity index (χ3n) is 2.54. The van der Waals surface area contributed by atoms with Gasteiger partial charge in [0.05, 0.1) is 5.92 Å². The average molecular weight is 248 g/mol. The van der Waals surface area contributed by atoms with Crippen LogP contribution in [0.25, 0.3) is 6.08 Å². The highest BCUT2D eigenvalue weighted by atomic mass is 16.4. The van der Waals surface area contributed by atoms with Gasteiger partial charge in [-0.2, -0.15) is 0 Å². The van der Waals surface area contributed by atoms with Gasteiger partial charge in [0.1, 0.15) is 0 Å². The Morgan fingerprint density at radius 3 is 2.39 bits per heavy atom. The van der Waals surface area contributed by atoms with E-state index >= 15 is 0 Å². The molecule has 0 fully saturated rings. The van der Waals surface area contributed by atoms with Crippen molar-refractivity contribution in [1.82, 2.24) is 0 Å². The van der Waals surface area contributed by atoms with Crippen LogP contribution >= 0.6 is 0 Å². The van der Waals surface area contributed by atoms with Crippen molar-refractivity contribution in [2.75, 3.05) is 0 Å². The van der Waals surface area contributed by atoms with Gasteiger partial charge in [-0.15, -0.1) is 0 Å². The molecule has 0 aliphatic rings. The zero-order valence-electron chi connectivity index (χ0n) is 9.95. The molecule has 1 atom stereocenters. The Morgan fingerprint density at radius 1 is 1.17 bits per heavy atom. The maximum absolute atomic E-state index is 11.0. The van der Waals surface area contributed by atoms with Crippen LogP contribution in [0.2, 0.25) is 0 Å². The largest absolute Gasteiger partial charge is 0.481 e. The molecule has 0 saturated carbocycles. The molecule has 0 spiro atoms. The molecule has 4 nitrogen and oxygen atoms in total. The number of rotatable bonds is 7. The van der Waals surface area contributed by atoms with Crippen molar-refractivity contribution in [3.8, 4) is 0 Å². The quantitative estimate of drug-likeness (QED) is 0.777. The first-order valence-corrected chi connectivity index (χ1v) is 5.77. The summed E-state index contributed by atoms with van der Waals surface area (Å²) >= 11 is 0. The first-order valence-electron chi connectivity index (χ1n) is 5.77. The molecule has 0 aliphatic heterocycles. The molecule has 0 heterocycles. The van der Waals surface area contributed by atoms with Crippen LogP contribution in [0.1, 0.15) is 24.8 Å². The summed E-state index contributed by atoms with van der Waals surface area (Å²) in [6, 6.07) is 9.40. The fourth-order valence-corrected chi connectivity index (χ4v) is 1.57. The Hall–Kier alpha value is -2.10. The zero-order valence-corrected chi connectivity index (χ0v) is 9.95. The maximum atomic E-state index is 11.0. The molecule has 0 saturated heterocycles. The summed E-state index contributed by atoms with van der Waals surface area (Å²) in [6.07, 6.45) is 4.07. The van der Waals surface area contributed by atoms with E-state index in [1.165, 1.54) is 0 Å². The Morgan fingerprint density at radius 2 is 1.83 bits per heavy atom. The second-order valence-electron chi connectivity index (χ2n) is 4.00. The van der Waals surface area contributed by atoms with Gasteiger partial charge in [-0.1, -0.05) is 42.5 Å². The first kappa shape index (κ1) is 14.0. The van der Waals surface area contributed by atoms with Crippen molar-refractivity contribution < 1.29 is 19.8 Å². The summed E-state index contributed by atoms with van der Waals surface area (Å²) in [7, 11) is 0. The summed E-state index contributed by atoms with van der Waals surface area (Å²) in [5, 5.41) is 17.5. The maximum Gasteiger partial charge on any atom is 0.310 e. The van der Waals surface area contributed by atoms with Crippen molar-refractivity contribution >= 4 is 18.0 Å². The molecule has 0 amide bonds. The Bertz CT molecular complexity index is 423. The van der Waals surface area contributed by atoms with E-state index in [9.17, 15) is 9.59 Å². The molecule has 0 radical (unpaired) electrons. The lowest BCUT2D eigenvalue weighted by atomic mass is 10.0. The predicted octanol–water partition coefficient (Wildman–Crippen LogP) is 2.66. The van der Waals surface area contributed by atoms with E-state index in [0.717, 1.165) is 5.56 Å². The van der Waals surface area contributed by atoms with E-state index in [1.54, 1.807) is 12.2 Å². The second-order valence-corrected chi connectivity index (χ2v) is 4.00. The summed E-state index contributed by atoms with van der Waals surface area (Å²) in [4.78, 5) is 21.4. The monoisotopic (exact) mass is 248 g/mol. The molecular formula is C14H16O4. The van der Waals surface area contributed by atoms with Crippen molar-refractivity contribution in [2.24, 2.45) is 5.92 Å². The topological polar surface area (TPSA) is 74.6 Å². The normalized spacial score (nSPS) is 12.4. The Kier molecular flexibility index (Phi) is 5.64. The Balaban J connectivity index is 2.55. The summed E-state index contributed by atoms with van der Waals surface area (Å²) in [5.74, 6) is -2.46. The SMILES string of the molecule is O=C(O)CCCC(C=Cc1ccccc1)C(=O)O. The van der Waals surface area contributed by atoms with Gasteiger partial charge in [0.15, 0.2) is 0 Å². The fraction of sp³-hybridized carbons (Fsp3) is 0.286. The molecule has 4 heteroatoms. The van der Waals surface area contributed by atoms with E-state index in [2.05, 4.69) is 0 Å². The second kappa shape index (κ2) is 7.27. The molecular weight excluding hydrogens is 232 g/mol. The van der Waals surface area contributed by atoms with Gasteiger partial charge in [-0.25, -0.2) is 0 Å². The molecule has 1 aromatic carbocycles. The molecule has 1 unspecified atom stereocenters. The lowest BCUT2D eigenvalue weighted by Gasteiger charge is -2.06. The highest BCUT2D eigenvalue weighted by Gasteiger charge is 2.13. The van der Waals surface area contributed by atoms with Crippen LogP contribution in [0.15, 0.2) is 36.4 Å². The molecule has 1 rings (SSSR count). The van der Waals surface area contributed by atoms with E-state index in [1.807, 2.05) is 30.3 Å². The van der Waals surface area contributed by atoms with Crippen LogP contribution in [-0.4, -0.2) is 22.2 Å². The number of hydrogen-bond donors (Lipinski definition) is 2. The minimum atomic E-state index is -0.924. The summed E-state index contributed by atoms with van der Waals surface area (Å²) in [6.45, 7) is 0. The number of hydrogen-bond acceptors (Lipinski definition) is 2. The number of carboxylic acids is 2. The molecule has 0 aromatic heterocycles. The molecule has 2 N–H and O–H groups in total. The van der Waals surface area contributed by atoms with Gasteiger partial charge in [0.25, 0.3) is 0 Å². The predicted molar refractivity (Wildman–Crippen MR) is 68.1 cm³/mol. The third-order valence-corrected chi connectivity index (χ3v) is 2.54.